The standard InChI is InChI=1S/C59H95N25O18S4/c60-22-42(87)73-37-24-103-104-25-38-50(96)75-30(6-1-15-69-56(61)62)44(90)78-34(20-28-11-13-29(86)14-12-28)47(93)74-31(7-2-16-70-57(63)64)45(91)82-39(51(97)77-33(55(101)102)9-4-18-72-59(67)68)26-105-106-27-40(83-49(37)95)52(98)80-36(23-85)48(94)79-35(21-43(88)89)54(100)84-19-5-10-41(84)53(99)76-32(46(92)81-38)8-3-17-71-58(65)66/h11-14,30-41,85-86H,1-10,15-27,60H2,(H,73,87)(H,74,93)(H,75,96)(H,76,99)(H,77,97)(H,78,90)(H,79,94)(H,80,98)(H,81,92)(H,82,91)(H,83,95)(H,88,89)(H,101,102)(H4,61,62,69)(H4,63,64,70)(H4,65,66,71)(H4,67,68,72)/t30-,31-,32-,33-,34-,35-,36?,37-,38-,39-,40-,41-/m0/s1. The van der Waals surface area contributed by atoms with Gasteiger partial charge in [-0.25, -0.2) is 4.79 Å². The Bertz CT molecular complexity index is 3360. The van der Waals surface area contributed by atoms with Crippen LogP contribution < -0.4 is 110 Å². The number of nitrogens with two attached hydrogens (primary N) is 9. The maximum Gasteiger partial charge on any atom is 0.326 e. The lowest BCUT2D eigenvalue weighted by atomic mass is 10.0. The van der Waals surface area contributed by atoms with Crippen molar-refractivity contribution in [1.82, 2.24) is 63.4 Å². The first-order chi connectivity index (χ1) is 50.3. The van der Waals surface area contributed by atoms with Crippen LogP contribution in [0.15, 0.2) is 44.2 Å². The molecule has 588 valence electrons. The number of phenols is 1. The molecular formula is C59H95N25O18S4. The number of benzene rings is 1. The first kappa shape index (κ1) is 88.4. The van der Waals surface area contributed by atoms with Crippen LogP contribution in [0.1, 0.15) is 76.2 Å². The molecule has 1 aromatic carbocycles. The number of hydrogen-bond donors (Lipinski definition) is 24. The van der Waals surface area contributed by atoms with Gasteiger partial charge in [0.15, 0.2) is 23.8 Å². The number of aliphatic carboxylic acids is 2. The molecule has 12 amide bonds. The molecule has 0 aliphatic carbocycles. The summed E-state index contributed by atoms with van der Waals surface area (Å²) in [5.41, 5.74) is 50.5. The number of carbonyl (C=O) groups excluding carboxylic acids is 12. The van der Waals surface area contributed by atoms with E-state index in [-0.39, 0.29) is 133 Å². The van der Waals surface area contributed by atoms with Gasteiger partial charge >= 0.3 is 11.9 Å². The molecule has 33 N–H and O–H groups in total. The van der Waals surface area contributed by atoms with Crippen LogP contribution in [-0.4, -0.2) is 273 Å². The molecule has 3 aliphatic heterocycles. The third kappa shape index (κ3) is 31.8. The predicted octanol–water partition coefficient (Wildman–Crippen LogP) is -10.2. The monoisotopic (exact) mass is 1570 g/mol. The van der Waals surface area contributed by atoms with E-state index in [0.29, 0.717) is 5.56 Å². The highest BCUT2D eigenvalue weighted by Gasteiger charge is 2.42. The number of fused-ring (bicyclic) bond motifs is 9. The van der Waals surface area contributed by atoms with E-state index in [9.17, 15) is 73.2 Å². The largest absolute Gasteiger partial charge is 0.508 e. The lowest BCUT2D eigenvalue weighted by Crippen LogP contribution is -2.61. The van der Waals surface area contributed by atoms with Crippen LogP contribution in [0.2, 0.25) is 0 Å². The number of carbonyl (C=O) groups is 14. The number of carboxylic acid groups (broad SMARTS) is 2. The number of nitrogens with zero attached hydrogens (tertiary/aromatic N) is 5. The number of nitrogens with one attached hydrogen (secondary N) is 11. The maximum atomic E-state index is 15.1. The number of hydrogen-bond acceptors (Lipinski definition) is 25. The van der Waals surface area contributed by atoms with Gasteiger partial charge in [-0.3, -0.25) is 82.3 Å². The van der Waals surface area contributed by atoms with Gasteiger partial charge in [0.25, 0.3) is 0 Å². The number of aliphatic imine (C=N–C) groups is 4. The molecule has 1 unspecified atom stereocenters. The van der Waals surface area contributed by atoms with Gasteiger partial charge < -0.3 is 135 Å². The predicted molar refractivity (Wildman–Crippen MR) is 393 cm³/mol. The van der Waals surface area contributed by atoms with E-state index in [4.69, 9.17) is 51.6 Å². The third-order valence-electron chi connectivity index (χ3n) is 15.8. The van der Waals surface area contributed by atoms with E-state index in [0.717, 1.165) is 48.1 Å². The Morgan fingerprint density at radius 1 is 0.528 bits per heavy atom. The number of phenolic OH excluding ortho intramolecular Hbond substituents is 1. The molecule has 1 aromatic rings. The third-order valence-corrected chi connectivity index (χ3v) is 20.6. The Balaban J connectivity index is 2.07. The average Bonchev–Trinajstić information content (AvgIpc) is 1.65. The van der Waals surface area contributed by atoms with Gasteiger partial charge in [-0.2, -0.15) is 0 Å². The van der Waals surface area contributed by atoms with Crippen LogP contribution in [0, 0.1) is 0 Å². The summed E-state index contributed by atoms with van der Waals surface area (Å²) in [4.78, 5) is 217. The molecule has 3 aliphatic rings. The first-order valence-corrected chi connectivity index (χ1v) is 38.2. The van der Waals surface area contributed by atoms with E-state index in [1.54, 1.807) is 0 Å². The van der Waals surface area contributed by atoms with Crippen molar-refractivity contribution in [3.8, 4) is 5.75 Å². The van der Waals surface area contributed by atoms with Crippen LogP contribution in [0.25, 0.3) is 0 Å². The number of guanidine groups is 4. The minimum absolute atomic E-state index is 0.0134. The SMILES string of the molecule is NCC(=O)N[C@H]1CSSC[C@@H]2NC(=O)[C@H](CCCN=C(N)N)NC(=O)[C@@H]3CCCN3C(=O)[C@H](CC(=O)O)NC(=O)C(CO)NC(=O)[C@H](CSSC[C@@H](C(=O)N[C@@H](CCCN=C(N)N)C(=O)O)NC(=O)[C@H](CCCN=C(N)N)NC(=O)[C@H](Cc3ccc(O)cc3)NC(=O)[C@H](CCCN=C(N)N)NC2=O)NC1=O. The van der Waals surface area contributed by atoms with Crippen LogP contribution in [0.3, 0.4) is 0 Å². The van der Waals surface area contributed by atoms with Gasteiger partial charge in [-0.15, -0.1) is 0 Å². The van der Waals surface area contributed by atoms with Crippen molar-refractivity contribution in [2.75, 3.05) is 68.9 Å². The molecule has 4 rings (SSSR count). The number of aliphatic hydroxyl groups excluding tert-OH is 1. The molecule has 0 spiro atoms. The van der Waals surface area contributed by atoms with Gasteiger partial charge in [0.05, 0.1) is 19.6 Å². The summed E-state index contributed by atoms with van der Waals surface area (Å²) in [6, 6.07) is -15.4. The Hall–Kier alpha value is -10.00. The number of carboxylic acids is 2. The quantitative estimate of drug-likeness (QED) is 0.0177. The van der Waals surface area contributed by atoms with E-state index < -0.39 is 198 Å². The number of aromatic hydroxyl groups is 1. The number of amides is 12. The second kappa shape index (κ2) is 46.1. The minimum Gasteiger partial charge on any atom is -0.508 e. The van der Waals surface area contributed by atoms with Crippen molar-refractivity contribution in [3.05, 3.63) is 29.8 Å². The van der Waals surface area contributed by atoms with Crippen molar-refractivity contribution in [1.29, 1.82) is 0 Å². The molecule has 106 heavy (non-hydrogen) atoms. The topological polar surface area (TPSA) is 739 Å². The van der Waals surface area contributed by atoms with Gasteiger partial charge in [-0.1, -0.05) is 55.3 Å². The normalized spacial score (nSPS) is 24.1. The molecule has 0 saturated carbocycles. The fourth-order valence-corrected chi connectivity index (χ4v) is 15.1. The lowest BCUT2D eigenvalue weighted by Gasteiger charge is -2.30. The molecule has 3 saturated heterocycles. The highest BCUT2D eigenvalue weighted by Crippen LogP contribution is 2.27. The van der Waals surface area contributed by atoms with Crippen molar-refractivity contribution < 1.29 is 87.5 Å². The van der Waals surface area contributed by atoms with Crippen LogP contribution in [0.4, 0.5) is 0 Å². The molecule has 2 bridgehead atoms. The highest BCUT2D eigenvalue weighted by atomic mass is 33.1. The average molecular weight is 1570 g/mol. The maximum absolute atomic E-state index is 15.1. The molecule has 47 heteroatoms. The van der Waals surface area contributed by atoms with Gasteiger partial charge in [0, 0.05) is 62.2 Å². The van der Waals surface area contributed by atoms with E-state index in [1.165, 1.54) is 24.3 Å². The Labute approximate surface area is 623 Å². The minimum atomic E-state index is -2.03. The van der Waals surface area contributed by atoms with Crippen LogP contribution in [0.5, 0.6) is 5.75 Å². The molecule has 0 radical (unpaired) electrons. The molecule has 3 heterocycles. The fraction of sp³-hybridized carbons (Fsp3) is 0.593. The summed E-state index contributed by atoms with van der Waals surface area (Å²) in [5, 5.41) is 68.7. The summed E-state index contributed by atoms with van der Waals surface area (Å²) >= 11 is 0. The molecule has 12 atom stereocenters. The number of aliphatic hydroxyl groups is 1. The zero-order chi connectivity index (χ0) is 78.6. The van der Waals surface area contributed by atoms with Crippen molar-refractivity contribution in [2.45, 2.75) is 150 Å². The summed E-state index contributed by atoms with van der Waals surface area (Å²) in [5.74, 6) is -19.9. The van der Waals surface area contributed by atoms with Crippen LogP contribution in [-0.2, 0) is 73.5 Å². The smallest absolute Gasteiger partial charge is 0.326 e. The zero-order valence-electron chi connectivity index (χ0n) is 57.6. The lowest BCUT2D eigenvalue weighted by molar-refractivity contribution is -0.146. The molecule has 43 nitrogen and oxygen atoms in total. The Kier molecular flexibility index (Phi) is 38.4. The fourth-order valence-electron chi connectivity index (χ4n) is 10.4. The first-order valence-electron chi connectivity index (χ1n) is 33.2. The van der Waals surface area contributed by atoms with Crippen molar-refractivity contribution in [2.24, 2.45) is 71.6 Å². The summed E-state index contributed by atoms with van der Waals surface area (Å²) < 4.78 is 0. The highest BCUT2D eigenvalue weighted by molar-refractivity contribution is 8.77. The summed E-state index contributed by atoms with van der Waals surface area (Å²) in [7, 11) is 3.10. The van der Waals surface area contributed by atoms with E-state index in [1.807, 2.05) is 0 Å². The Morgan fingerprint density at radius 3 is 1.47 bits per heavy atom. The summed E-state index contributed by atoms with van der Waals surface area (Å²) in [6.07, 6.45) is -2.72. The molecule has 3 fully saturated rings. The zero-order valence-corrected chi connectivity index (χ0v) is 60.8. The second-order valence-electron chi connectivity index (χ2n) is 24.0. The van der Waals surface area contributed by atoms with Crippen LogP contribution >= 0.6 is 43.2 Å². The van der Waals surface area contributed by atoms with Gasteiger partial charge in [0.2, 0.25) is 70.9 Å². The van der Waals surface area contributed by atoms with Crippen molar-refractivity contribution >= 4 is 150 Å². The van der Waals surface area contributed by atoms with E-state index >= 15 is 14.4 Å². The molecular weight excluding hydrogens is 1480 g/mol. The van der Waals surface area contributed by atoms with Gasteiger partial charge in [-0.05, 0) is 81.9 Å². The van der Waals surface area contributed by atoms with E-state index in [2.05, 4.69) is 78.5 Å². The van der Waals surface area contributed by atoms with Gasteiger partial charge in [0.1, 0.15) is 78.3 Å². The number of rotatable bonds is 26. The Morgan fingerprint density at radius 2 is 0.962 bits per heavy atom. The summed E-state index contributed by atoms with van der Waals surface area (Å²) in [6.45, 7) is -2.57. The van der Waals surface area contributed by atoms with Crippen molar-refractivity contribution in [3.63, 3.8) is 0 Å². The molecule has 0 aromatic heterocycles. The second-order valence-corrected chi connectivity index (χ2v) is 29.2.